The van der Waals surface area contributed by atoms with E-state index in [1.807, 2.05) is 35.7 Å². The van der Waals surface area contributed by atoms with E-state index in [0.717, 1.165) is 9.35 Å². The van der Waals surface area contributed by atoms with Crippen LogP contribution in [0.4, 0.5) is 0 Å². The van der Waals surface area contributed by atoms with E-state index in [2.05, 4.69) is 15.9 Å². The predicted octanol–water partition coefficient (Wildman–Crippen LogP) is 3.34. The van der Waals surface area contributed by atoms with Crippen molar-refractivity contribution in [2.75, 3.05) is 11.5 Å². The Balaban J connectivity index is 1.91. The fourth-order valence-electron chi connectivity index (χ4n) is 2.75. The average molecular weight is 414 g/mol. The normalized spacial score (nSPS) is 19.6. The highest BCUT2D eigenvalue weighted by Crippen LogP contribution is 2.26. The first kappa shape index (κ1) is 16.7. The van der Waals surface area contributed by atoms with E-state index in [1.165, 1.54) is 0 Å². The number of thiophene rings is 1. The number of amides is 1. The number of benzene rings is 1. The Morgan fingerprint density at radius 1 is 1.26 bits per heavy atom. The summed E-state index contributed by atoms with van der Waals surface area (Å²) in [6, 6.07) is 10.9. The molecule has 7 heteroatoms. The van der Waals surface area contributed by atoms with E-state index >= 15 is 0 Å². The van der Waals surface area contributed by atoms with Gasteiger partial charge in [0.2, 0.25) is 0 Å². The Hall–Kier alpha value is -1.18. The Bertz CT molecular complexity index is 802. The van der Waals surface area contributed by atoms with Crippen molar-refractivity contribution >= 4 is 43.0 Å². The maximum atomic E-state index is 13.0. The lowest BCUT2D eigenvalue weighted by Crippen LogP contribution is -2.40. The highest BCUT2D eigenvalue weighted by molar-refractivity contribution is 9.10. The van der Waals surface area contributed by atoms with Crippen LogP contribution in [0.3, 0.4) is 0 Å². The molecule has 122 valence electrons. The molecule has 0 spiro atoms. The number of nitrogens with zero attached hydrogens (tertiary/aromatic N) is 1. The monoisotopic (exact) mass is 413 g/mol. The zero-order valence-corrected chi connectivity index (χ0v) is 15.5. The number of halogens is 1. The lowest BCUT2D eigenvalue weighted by Gasteiger charge is -2.28. The minimum atomic E-state index is -3.05. The van der Waals surface area contributed by atoms with Gasteiger partial charge >= 0.3 is 0 Å². The van der Waals surface area contributed by atoms with Crippen molar-refractivity contribution < 1.29 is 13.2 Å². The third-order valence-corrected chi connectivity index (χ3v) is 7.22. The Labute approximate surface area is 148 Å². The van der Waals surface area contributed by atoms with Crippen LogP contribution in [0.15, 0.2) is 46.3 Å². The van der Waals surface area contributed by atoms with Crippen molar-refractivity contribution in [2.45, 2.75) is 19.0 Å². The van der Waals surface area contributed by atoms with Crippen LogP contribution < -0.4 is 0 Å². The standard InChI is InChI=1S/C16H16BrNO3S2/c17-15-6-2-1-5-14(15)16(19)18(10-13-4-3-8-22-13)12-7-9-23(20,21)11-12/h1-6,8,12H,7,9-11H2/t12-/m1/s1. The largest absolute Gasteiger partial charge is 0.329 e. The molecule has 1 aromatic carbocycles. The second-order valence-corrected chi connectivity index (χ2v) is 9.66. The molecule has 0 N–H and O–H groups in total. The predicted molar refractivity (Wildman–Crippen MR) is 95.4 cm³/mol. The summed E-state index contributed by atoms with van der Waals surface area (Å²) in [5, 5.41) is 1.96. The molecule has 4 nitrogen and oxygen atoms in total. The first-order chi connectivity index (χ1) is 11.0. The van der Waals surface area contributed by atoms with Gasteiger partial charge in [0.05, 0.1) is 23.6 Å². The molecule has 1 atom stereocenters. The van der Waals surface area contributed by atoms with E-state index in [1.54, 1.807) is 22.3 Å². The van der Waals surface area contributed by atoms with Gasteiger partial charge in [-0.25, -0.2) is 8.42 Å². The molecule has 1 amide bonds. The van der Waals surface area contributed by atoms with Crippen LogP contribution in [0, 0.1) is 0 Å². The molecule has 1 saturated heterocycles. The molecule has 2 heterocycles. The summed E-state index contributed by atoms with van der Waals surface area (Å²) in [6.07, 6.45) is 0.504. The SMILES string of the molecule is O=C(c1ccccc1Br)N(Cc1cccs1)[C@@H]1CCS(=O)(=O)C1. The summed E-state index contributed by atoms with van der Waals surface area (Å²) in [6.45, 7) is 0.442. The Morgan fingerprint density at radius 2 is 2.04 bits per heavy atom. The molecule has 1 aliphatic heterocycles. The molecule has 0 saturated carbocycles. The Kier molecular flexibility index (Phi) is 4.89. The van der Waals surface area contributed by atoms with Crippen molar-refractivity contribution in [1.82, 2.24) is 4.90 Å². The molecule has 0 aliphatic carbocycles. The van der Waals surface area contributed by atoms with Gasteiger partial charge < -0.3 is 4.90 Å². The summed E-state index contributed by atoms with van der Waals surface area (Å²) in [5.74, 6) is 0.0733. The zero-order valence-electron chi connectivity index (χ0n) is 12.3. The van der Waals surface area contributed by atoms with E-state index in [9.17, 15) is 13.2 Å². The van der Waals surface area contributed by atoms with E-state index in [4.69, 9.17) is 0 Å². The molecule has 3 rings (SSSR count). The third kappa shape index (κ3) is 3.84. The van der Waals surface area contributed by atoms with Gasteiger partial charge in [0, 0.05) is 15.4 Å². The molecular formula is C16H16BrNO3S2. The summed E-state index contributed by atoms with van der Waals surface area (Å²) >= 11 is 4.98. The first-order valence-corrected chi connectivity index (χ1v) is 10.7. The van der Waals surface area contributed by atoms with Crippen LogP contribution in [0.25, 0.3) is 0 Å². The maximum absolute atomic E-state index is 13.0. The third-order valence-electron chi connectivity index (χ3n) is 3.92. The summed E-state index contributed by atoms with van der Waals surface area (Å²) in [5.41, 5.74) is 0.563. The van der Waals surface area contributed by atoms with Crippen LogP contribution in [0.1, 0.15) is 21.7 Å². The fraction of sp³-hybridized carbons (Fsp3) is 0.312. The van der Waals surface area contributed by atoms with Crippen LogP contribution in [-0.2, 0) is 16.4 Å². The van der Waals surface area contributed by atoms with Gasteiger partial charge in [0.25, 0.3) is 5.91 Å². The molecule has 1 aliphatic rings. The van der Waals surface area contributed by atoms with Crippen molar-refractivity contribution in [3.63, 3.8) is 0 Å². The number of hydrogen-bond donors (Lipinski definition) is 0. The van der Waals surface area contributed by atoms with Gasteiger partial charge in [-0.1, -0.05) is 18.2 Å². The molecule has 23 heavy (non-hydrogen) atoms. The number of carbonyl (C=O) groups excluding carboxylic acids is 1. The van der Waals surface area contributed by atoms with Crippen LogP contribution in [0.2, 0.25) is 0 Å². The van der Waals surface area contributed by atoms with Gasteiger partial charge in [-0.05, 0) is 45.9 Å². The number of hydrogen-bond acceptors (Lipinski definition) is 4. The second-order valence-electron chi connectivity index (χ2n) is 5.55. The number of rotatable bonds is 4. The van der Waals surface area contributed by atoms with Gasteiger partial charge in [0.15, 0.2) is 9.84 Å². The summed E-state index contributed by atoms with van der Waals surface area (Å²) < 4.78 is 24.4. The topological polar surface area (TPSA) is 54.5 Å². The molecule has 0 bridgehead atoms. The highest BCUT2D eigenvalue weighted by Gasteiger charge is 2.35. The quantitative estimate of drug-likeness (QED) is 0.771. The maximum Gasteiger partial charge on any atom is 0.255 e. The van der Waals surface area contributed by atoms with Crippen LogP contribution in [-0.4, -0.2) is 36.8 Å². The van der Waals surface area contributed by atoms with E-state index in [-0.39, 0.29) is 23.5 Å². The Morgan fingerprint density at radius 3 is 2.65 bits per heavy atom. The van der Waals surface area contributed by atoms with Crippen molar-refractivity contribution in [3.8, 4) is 0 Å². The van der Waals surface area contributed by atoms with E-state index in [0.29, 0.717) is 18.5 Å². The number of carbonyl (C=O) groups is 1. The second kappa shape index (κ2) is 6.75. The fourth-order valence-corrected chi connectivity index (χ4v) is 5.64. The van der Waals surface area contributed by atoms with Crippen molar-refractivity contribution in [2.24, 2.45) is 0 Å². The smallest absolute Gasteiger partial charge is 0.255 e. The van der Waals surface area contributed by atoms with E-state index < -0.39 is 9.84 Å². The van der Waals surface area contributed by atoms with Crippen molar-refractivity contribution in [3.05, 3.63) is 56.7 Å². The van der Waals surface area contributed by atoms with Crippen LogP contribution >= 0.6 is 27.3 Å². The zero-order chi connectivity index (χ0) is 16.4. The lowest BCUT2D eigenvalue weighted by molar-refractivity contribution is 0.0682. The molecule has 1 fully saturated rings. The van der Waals surface area contributed by atoms with Gasteiger partial charge in [-0.15, -0.1) is 11.3 Å². The van der Waals surface area contributed by atoms with Gasteiger partial charge in [-0.3, -0.25) is 4.79 Å². The molecular weight excluding hydrogens is 398 g/mol. The lowest BCUT2D eigenvalue weighted by atomic mass is 10.1. The first-order valence-electron chi connectivity index (χ1n) is 7.24. The molecule has 0 radical (unpaired) electrons. The molecule has 0 unspecified atom stereocenters. The minimum Gasteiger partial charge on any atom is -0.329 e. The summed E-state index contributed by atoms with van der Waals surface area (Å²) in [4.78, 5) is 15.8. The van der Waals surface area contributed by atoms with Crippen molar-refractivity contribution in [1.29, 1.82) is 0 Å². The van der Waals surface area contributed by atoms with Crippen LogP contribution in [0.5, 0.6) is 0 Å². The average Bonchev–Trinajstić information content (AvgIpc) is 3.14. The van der Waals surface area contributed by atoms with Gasteiger partial charge in [-0.2, -0.15) is 0 Å². The molecule has 2 aromatic rings. The highest BCUT2D eigenvalue weighted by atomic mass is 79.9. The molecule has 1 aromatic heterocycles. The summed E-state index contributed by atoms with van der Waals surface area (Å²) in [7, 11) is -3.05. The number of sulfone groups is 1. The minimum absolute atomic E-state index is 0.0502. The van der Waals surface area contributed by atoms with Gasteiger partial charge in [0.1, 0.15) is 0 Å².